The van der Waals surface area contributed by atoms with Gasteiger partial charge in [0.15, 0.2) is 0 Å². The Hall–Kier alpha value is -1.17. The van der Waals surface area contributed by atoms with Gasteiger partial charge in [0.05, 0.1) is 6.61 Å². The summed E-state index contributed by atoms with van der Waals surface area (Å²) in [6.07, 6.45) is 5.60. The van der Waals surface area contributed by atoms with Crippen molar-refractivity contribution in [2.75, 3.05) is 13.7 Å². The zero-order valence-electron chi connectivity index (χ0n) is 11.0. The highest BCUT2D eigenvalue weighted by Gasteiger charge is 2.34. The molecule has 0 aliphatic heterocycles. The van der Waals surface area contributed by atoms with Gasteiger partial charge in [-0.3, -0.25) is 9.78 Å². The fourth-order valence-electron chi connectivity index (χ4n) is 1.92. The van der Waals surface area contributed by atoms with E-state index in [4.69, 9.17) is 10.5 Å². The minimum Gasteiger partial charge on any atom is -0.383 e. The molecule has 0 spiro atoms. The van der Waals surface area contributed by atoms with Crippen molar-refractivity contribution in [1.29, 1.82) is 0 Å². The number of carbonyl (C=O) groups is 1. The van der Waals surface area contributed by atoms with Crippen LogP contribution >= 0.6 is 12.4 Å². The van der Waals surface area contributed by atoms with Crippen molar-refractivity contribution in [1.82, 2.24) is 9.88 Å². The lowest BCUT2D eigenvalue weighted by Gasteiger charge is -2.25. The predicted octanol–water partition coefficient (Wildman–Crippen LogP) is 0.968. The third kappa shape index (κ3) is 4.45. The molecule has 1 amide bonds. The lowest BCUT2D eigenvalue weighted by molar-refractivity contribution is -0.135. The molecule has 1 atom stereocenters. The highest BCUT2D eigenvalue weighted by atomic mass is 35.5. The number of hydrogen-bond donors (Lipinski definition) is 1. The Morgan fingerprint density at radius 1 is 1.53 bits per heavy atom. The predicted molar refractivity (Wildman–Crippen MR) is 74.9 cm³/mol. The number of halogens is 1. The van der Waals surface area contributed by atoms with Crippen molar-refractivity contribution in [3.8, 4) is 0 Å². The standard InChI is InChI=1S/C13H19N3O2.ClH/c1-18-9-12(14)13(17)16(11-2-3-11)8-10-4-6-15-7-5-10;/h4-7,11-12H,2-3,8-9,14H2,1H3;1H. The van der Waals surface area contributed by atoms with Gasteiger partial charge in [-0.25, -0.2) is 0 Å². The van der Waals surface area contributed by atoms with Crippen molar-refractivity contribution in [2.45, 2.75) is 31.5 Å². The first kappa shape index (κ1) is 15.9. The number of carbonyl (C=O) groups excluding carboxylic acids is 1. The molecule has 0 aromatic carbocycles. The van der Waals surface area contributed by atoms with E-state index >= 15 is 0 Å². The normalized spacial score (nSPS) is 15.5. The number of nitrogens with two attached hydrogens (primary N) is 1. The summed E-state index contributed by atoms with van der Waals surface area (Å²) >= 11 is 0. The number of hydrogen-bond acceptors (Lipinski definition) is 4. The number of aromatic nitrogens is 1. The molecule has 0 saturated heterocycles. The van der Waals surface area contributed by atoms with Crippen LogP contribution < -0.4 is 5.73 Å². The Balaban J connectivity index is 0.00000180. The van der Waals surface area contributed by atoms with E-state index in [1.54, 1.807) is 19.5 Å². The third-order valence-electron chi connectivity index (χ3n) is 3.04. The zero-order chi connectivity index (χ0) is 13.0. The first-order chi connectivity index (χ1) is 8.72. The van der Waals surface area contributed by atoms with Crippen LogP contribution in [0.3, 0.4) is 0 Å². The van der Waals surface area contributed by atoms with Gasteiger partial charge in [0.2, 0.25) is 5.91 Å². The van der Waals surface area contributed by atoms with Gasteiger partial charge in [0.1, 0.15) is 6.04 Å². The maximum atomic E-state index is 12.2. The van der Waals surface area contributed by atoms with Crippen molar-refractivity contribution in [3.05, 3.63) is 30.1 Å². The van der Waals surface area contributed by atoms with Crippen LogP contribution in [0.25, 0.3) is 0 Å². The molecular formula is C13H20ClN3O2. The van der Waals surface area contributed by atoms with Crippen molar-refractivity contribution in [2.24, 2.45) is 5.73 Å². The van der Waals surface area contributed by atoms with Gasteiger partial charge in [0, 0.05) is 32.1 Å². The average Bonchev–Trinajstić information content (AvgIpc) is 3.21. The summed E-state index contributed by atoms with van der Waals surface area (Å²) in [5.41, 5.74) is 6.90. The highest BCUT2D eigenvalue weighted by molar-refractivity contribution is 5.85. The zero-order valence-corrected chi connectivity index (χ0v) is 11.8. The molecule has 1 fully saturated rings. The Morgan fingerprint density at radius 3 is 2.68 bits per heavy atom. The summed E-state index contributed by atoms with van der Waals surface area (Å²) in [5, 5.41) is 0. The van der Waals surface area contributed by atoms with Crippen LogP contribution in [0.15, 0.2) is 24.5 Å². The molecule has 2 rings (SSSR count). The Kier molecular flexibility index (Phi) is 6.21. The molecule has 2 N–H and O–H groups in total. The van der Waals surface area contributed by atoms with Crippen LogP contribution in [0, 0.1) is 0 Å². The SMILES string of the molecule is COCC(N)C(=O)N(Cc1ccncc1)C1CC1.Cl. The molecule has 106 valence electrons. The molecule has 1 aliphatic rings. The van der Waals surface area contributed by atoms with Gasteiger partial charge in [-0.05, 0) is 30.5 Å². The number of methoxy groups -OCH3 is 1. The Labute approximate surface area is 119 Å². The quantitative estimate of drug-likeness (QED) is 0.846. The van der Waals surface area contributed by atoms with Gasteiger partial charge < -0.3 is 15.4 Å². The van der Waals surface area contributed by atoms with Crippen molar-refractivity contribution < 1.29 is 9.53 Å². The van der Waals surface area contributed by atoms with Gasteiger partial charge in [-0.2, -0.15) is 0 Å². The summed E-state index contributed by atoms with van der Waals surface area (Å²) in [5.74, 6) is -0.0313. The highest BCUT2D eigenvalue weighted by Crippen LogP contribution is 2.28. The second-order valence-electron chi connectivity index (χ2n) is 4.61. The second kappa shape index (κ2) is 7.43. The lowest BCUT2D eigenvalue weighted by atomic mass is 10.2. The molecule has 1 aromatic heterocycles. The maximum Gasteiger partial charge on any atom is 0.242 e. The molecule has 19 heavy (non-hydrogen) atoms. The van der Waals surface area contributed by atoms with E-state index in [2.05, 4.69) is 4.98 Å². The smallest absolute Gasteiger partial charge is 0.242 e. The van der Waals surface area contributed by atoms with Crippen molar-refractivity contribution in [3.63, 3.8) is 0 Å². The number of amides is 1. The lowest BCUT2D eigenvalue weighted by Crippen LogP contribution is -2.46. The second-order valence-corrected chi connectivity index (χ2v) is 4.61. The number of pyridine rings is 1. The van der Waals surface area contributed by atoms with Crippen LogP contribution in [-0.4, -0.2) is 41.6 Å². The van der Waals surface area contributed by atoms with E-state index in [1.165, 1.54) is 0 Å². The van der Waals surface area contributed by atoms with Gasteiger partial charge in [-0.15, -0.1) is 12.4 Å². The molecule has 1 unspecified atom stereocenters. The largest absolute Gasteiger partial charge is 0.383 e. The molecule has 5 nitrogen and oxygen atoms in total. The van der Waals surface area contributed by atoms with E-state index in [1.807, 2.05) is 17.0 Å². The minimum absolute atomic E-state index is 0. The van der Waals surface area contributed by atoms with Crippen LogP contribution in [-0.2, 0) is 16.1 Å². The Morgan fingerprint density at radius 2 is 2.16 bits per heavy atom. The number of nitrogens with zero attached hydrogens (tertiary/aromatic N) is 2. The van der Waals surface area contributed by atoms with Crippen LogP contribution in [0.5, 0.6) is 0 Å². The Bertz CT molecular complexity index is 398. The van der Waals surface area contributed by atoms with E-state index in [-0.39, 0.29) is 24.9 Å². The van der Waals surface area contributed by atoms with Crippen molar-refractivity contribution >= 4 is 18.3 Å². The molecular weight excluding hydrogens is 266 g/mol. The van der Waals surface area contributed by atoms with E-state index in [0.29, 0.717) is 12.6 Å². The monoisotopic (exact) mass is 285 g/mol. The van der Waals surface area contributed by atoms with E-state index in [9.17, 15) is 4.79 Å². The molecule has 0 bridgehead atoms. The van der Waals surface area contributed by atoms with Crippen LogP contribution in [0.4, 0.5) is 0 Å². The van der Waals surface area contributed by atoms with Gasteiger partial charge in [0.25, 0.3) is 0 Å². The molecule has 1 heterocycles. The number of ether oxygens (including phenoxy) is 1. The van der Waals surface area contributed by atoms with Crippen LogP contribution in [0.2, 0.25) is 0 Å². The molecule has 0 radical (unpaired) electrons. The molecule has 1 aromatic rings. The van der Waals surface area contributed by atoms with E-state index in [0.717, 1.165) is 18.4 Å². The maximum absolute atomic E-state index is 12.2. The van der Waals surface area contributed by atoms with Crippen LogP contribution in [0.1, 0.15) is 18.4 Å². The van der Waals surface area contributed by atoms with E-state index < -0.39 is 6.04 Å². The molecule has 1 aliphatic carbocycles. The number of rotatable bonds is 6. The third-order valence-corrected chi connectivity index (χ3v) is 3.04. The molecule has 6 heteroatoms. The topological polar surface area (TPSA) is 68.5 Å². The summed E-state index contributed by atoms with van der Waals surface area (Å²) in [4.78, 5) is 18.1. The first-order valence-corrected chi connectivity index (χ1v) is 6.16. The summed E-state index contributed by atoms with van der Waals surface area (Å²) in [6, 6.07) is 3.61. The average molecular weight is 286 g/mol. The fraction of sp³-hybridized carbons (Fsp3) is 0.538. The first-order valence-electron chi connectivity index (χ1n) is 6.16. The van der Waals surface area contributed by atoms with Gasteiger partial charge in [-0.1, -0.05) is 0 Å². The van der Waals surface area contributed by atoms with Gasteiger partial charge >= 0.3 is 0 Å². The molecule has 1 saturated carbocycles. The fourth-order valence-corrected chi connectivity index (χ4v) is 1.92. The summed E-state index contributed by atoms with van der Waals surface area (Å²) in [6.45, 7) is 0.863. The summed E-state index contributed by atoms with van der Waals surface area (Å²) < 4.78 is 4.94. The minimum atomic E-state index is -0.572. The summed E-state index contributed by atoms with van der Waals surface area (Å²) in [7, 11) is 1.55.